The van der Waals surface area contributed by atoms with Gasteiger partial charge in [-0.05, 0) is 12.8 Å². The summed E-state index contributed by atoms with van der Waals surface area (Å²) in [6.07, 6.45) is 2.35. The smallest absolute Gasteiger partial charge is 0.407 e. The van der Waals surface area contributed by atoms with Gasteiger partial charge >= 0.3 is 12.1 Å². The van der Waals surface area contributed by atoms with E-state index in [9.17, 15) is 9.59 Å². The number of likely N-dealkylation sites (tertiary alicyclic amines) is 1. The molecule has 10 heteroatoms. The molecule has 2 fully saturated rings. The fourth-order valence-corrected chi connectivity index (χ4v) is 3.07. The van der Waals surface area contributed by atoms with E-state index in [1.54, 1.807) is 12.0 Å². The van der Waals surface area contributed by atoms with Crippen LogP contribution < -0.4 is 10.6 Å². The first-order valence-corrected chi connectivity index (χ1v) is 8.40. The Bertz CT molecular complexity index is 621. The fraction of sp³-hybridized carbons (Fsp3) is 0.733. The van der Waals surface area contributed by atoms with E-state index in [0.29, 0.717) is 50.8 Å². The van der Waals surface area contributed by atoms with Crippen molar-refractivity contribution in [3.05, 3.63) is 11.7 Å². The quantitative estimate of drug-likeness (QED) is 0.788. The molecule has 1 spiro atoms. The van der Waals surface area contributed by atoms with Crippen LogP contribution in [0.15, 0.2) is 4.52 Å². The number of nitrogens with zero attached hydrogens (tertiary/aromatic N) is 3. The lowest BCUT2D eigenvalue weighted by Crippen LogP contribution is -2.41. The zero-order valence-electron chi connectivity index (χ0n) is 14.2. The molecule has 1 aromatic heterocycles. The number of methoxy groups -OCH3 is 1. The number of ether oxygens (including phenoxy) is 2. The Morgan fingerprint density at radius 1 is 1.44 bits per heavy atom. The predicted octanol–water partition coefficient (Wildman–Crippen LogP) is 0.433. The molecule has 2 N–H and O–H groups in total. The van der Waals surface area contributed by atoms with Crippen molar-refractivity contribution >= 4 is 12.1 Å². The van der Waals surface area contributed by atoms with Gasteiger partial charge in [-0.1, -0.05) is 5.16 Å². The predicted molar refractivity (Wildman–Crippen MR) is 84.8 cm³/mol. The number of hydrogen-bond acceptors (Lipinski definition) is 7. The molecule has 0 aromatic carbocycles. The van der Waals surface area contributed by atoms with Crippen LogP contribution in [0.5, 0.6) is 0 Å². The second-order valence-electron chi connectivity index (χ2n) is 6.27. The minimum Gasteiger partial charge on any atom is -0.441 e. The van der Waals surface area contributed by atoms with Crippen LogP contribution >= 0.6 is 0 Å². The third kappa shape index (κ3) is 4.38. The summed E-state index contributed by atoms with van der Waals surface area (Å²) >= 11 is 0. The molecule has 1 atom stereocenters. The first kappa shape index (κ1) is 17.5. The molecular weight excluding hydrogens is 330 g/mol. The normalized spacial score (nSPS) is 23.2. The van der Waals surface area contributed by atoms with Crippen LogP contribution in [0.2, 0.25) is 0 Å². The van der Waals surface area contributed by atoms with Gasteiger partial charge in [-0.3, -0.25) is 0 Å². The summed E-state index contributed by atoms with van der Waals surface area (Å²) in [4.78, 5) is 29.6. The lowest BCUT2D eigenvalue weighted by Gasteiger charge is -2.24. The third-order valence-electron chi connectivity index (χ3n) is 4.48. The molecule has 3 amide bonds. The molecule has 0 aliphatic carbocycles. The van der Waals surface area contributed by atoms with Crippen LogP contribution in [0.3, 0.4) is 0 Å². The number of aromatic nitrogens is 2. The van der Waals surface area contributed by atoms with Gasteiger partial charge in [-0.2, -0.15) is 4.98 Å². The zero-order valence-corrected chi connectivity index (χ0v) is 14.2. The van der Waals surface area contributed by atoms with Crippen molar-refractivity contribution in [1.29, 1.82) is 0 Å². The van der Waals surface area contributed by atoms with Crippen LogP contribution in [0, 0.1) is 0 Å². The molecule has 0 saturated carbocycles. The highest BCUT2D eigenvalue weighted by molar-refractivity contribution is 5.74. The van der Waals surface area contributed by atoms with Crippen molar-refractivity contribution in [3.8, 4) is 0 Å². The summed E-state index contributed by atoms with van der Waals surface area (Å²) in [6, 6.07) is -0.189. The first-order chi connectivity index (χ1) is 12.1. The molecule has 0 unspecified atom stereocenters. The molecular formula is C15H23N5O5. The maximum atomic E-state index is 12.4. The second-order valence-corrected chi connectivity index (χ2v) is 6.27. The molecule has 0 bridgehead atoms. The molecule has 10 nitrogen and oxygen atoms in total. The van der Waals surface area contributed by atoms with Crippen molar-refractivity contribution in [2.45, 2.75) is 37.8 Å². The van der Waals surface area contributed by atoms with E-state index < -0.39 is 5.60 Å². The van der Waals surface area contributed by atoms with E-state index in [1.807, 2.05) is 0 Å². The second kappa shape index (κ2) is 7.68. The van der Waals surface area contributed by atoms with E-state index in [2.05, 4.69) is 20.8 Å². The number of carbonyl (C=O) groups excluding carboxylic acids is 2. The van der Waals surface area contributed by atoms with Crippen molar-refractivity contribution in [3.63, 3.8) is 0 Å². The van der Waals surface area contributed by atoms with E-state index in [4.69, 9.17) is 14.0 Å². The monoisotopic (exact) mass is 353 g/mol. The van der Waals surface area contributed by atoms with Gasteiger partial charge in [0, 0.05) is 33.0 Å². The van der Waals surface area contributed by atoms with Crippen molar-refractivity contribution in [2.24, 2.45) is 0 Å². The Hall–Kier alpha value is -2.36. The highest BCUT2D eigenvalue weighted by atomic mass is 16.6. The van der Waals surface area contributed by atoms with Gasteiger partial charge in [0.05, 0.1) is 19.7 Å². The number of nitrogens with one attached hydrogen (secondary N) is 2. The maximum absolute atomic E-state index is 12.4. The molecule has 2 aliphatic rings. The maximum Gasteiger partial charge on any atom is 0.407 e. The number of urea groups is 1. The van der Waals surface area contributed by atoms with Crippen molar-refractivity contribution in [2.75, 3.05) is 33.4 Å². The summed E-state index contributed by atoms with van der Waals surface area (Å²) in [5, 5.41) is 9.32. The lowest BCUT2D eigenvalue weighted by molar-refractivity contribution is 0.0453. The van der Waals surface area contributed by atoms with Crippen LogP contribution in [0.25, 0.3) is 0 Å². The average molecular weight is 353 g/mol. The highest BCUT2D eigenvalue weighted by Crippen LogP contribution is 2.29. The fourth-order valence-electron chi connectivity index (χ4n) is 3.07. The Morgan fingerprint density at radius 3 is 3.08 bits per heavy atom. The zero-order chi connectivity index (χ0) is 17.7. The van der Waals surface area contributed by atoms with E-state index in [0.717, 1.165) is 12.8 Å². The largest absolute Gasteiger partial charge is 0.441 e. The first-order valence-electron chi connectivity index (χ1n) is 8.40. The number of rotatable bonds is 5. The average Bonchev–Trinajstić information content (AvgIpc) is 3.14. The van der Waals surface area contributed by atoms with Gasteiger partial charge in [0.15, 0.2) is 5.82 Å². The van der Waals surface area contributed by atoms with Crippen LogP contribution in [-0.2, 0) is 22.4 Å². The SMILES string of the molecule is COCCc1noc(CNC(=O)N2CCC[C@]3(CC2)CNC(=O)O3)n1. The van der Waals surface area contributed by atoms with Gasteiger partial charge in [-0.25, -0.2) is 9.59 Å². The van der Waals surface area contributed by atoms with E-state index in [1.165, 1.54) is 0 Å². The minimum absolute atomic E-state index is 0.178. The van der Waals surface area contributed by atoms with Crippen LogP contribution in [-0.4, -0.2) is 66.1 Å². The lowest BCUT2D eigenvalue weighted by atomic mass is 9.95. The third-order valence-corrected chi connectivity index (χ3v) is 4.48. The number of amides is 3. The number of hydrogen-bond donors (Lipinski definition) is 2. The topological polar surface area (TPSA) is 119 Å². The van der Waals surface area contributed by atoms with Gasteiger partial charge in [-0.15, -0.1) is 0 Å². The standard InChI is InChI=1S/C15H23N5O5/c1-23-8-3-11-18-12(25-19-11)9-16-13(21)20-6-2-4-15(5-7-20)10-17-14(22)24-15/h2-10H2,1H3,(H,16,21)(H,17,22)/t15-/m0/s1. The van der Waals surface area contributed by atoms with Crippen LogP contribution in [0.4, 0.5) is 9.59 Å². The Balaban J connectivity index is 1.46. The molecule has 25 heavy (non-hydrogen) atoms. The Labute approximate surface area is 145 Å². The summed E-state index contributed by atoms with van der Waals surface area (Å²) in [7, 11) is 1.61. The molecule has 2 aliphatic heterocycles. The van der Waals surface area contributed by atoms with Gasteiger partial charge in [0.25, 0.3) is 0 Å². The Morgan fingerprint density at radius 2 is 2.32 bits per heavy atom. The molecule has 1 aromatic rings. The van der Waals surface area contributed by atoms with Crippen LogP contribution in [0.1, 0.15) is 31.0 Å². The minimum atomic E-state index is -0.477. The molecule has 3 rings (SSSR count). The summed E-state index contributed by atoms with van der Waals surface area (Å²) < 4.78 is 15.5. The number of alkyl carbamates (subject to hydrolysis) is 1. The van der Waals surface area contributed by atoms with E-state index in [-0.39, 0.29) is 18.7 Å². The van der Waals surface area contributed by atoms with Crippen molar-refractivity contribution < 1.29 is 23.6 Å². The molecule has 0 radical (unpaired) electrons. The summed E-state index contributed by atoms with van der Waals surface area (Å²) in [5.74, 6) is 0.915. The van der Waals surface area contributed by atoms with Crippen molar-refractivity contribution in [1.82, 2.24) is 25.7 Å². The van der Waals surface area contributed by atoms with Gasteiger partial charge in [0.2, 0.25) is 5.89 Å². The number of carbonyl (C=O) groups is 2. The van der Waals surface area contributed by atoms with E-state index >= 15 is 0 Å². The molecule has 2 saturated heterocycles. The van der Waals surface area contributed by atoms with Gasteiger partial charge < -0.3 is 29.5 Å². The highest BCUT2D eigenvalue weighted by Gasteiger charge is 2.41. The Kier molecular flexibility index (Phi) is 5.37. The summed E-state index contributed by atoms with van der Waals surface area (Å²) in [6.45, 7) is 2.35. The van der Waals surface area contributed by atoms with Gasteiger partial charge in [0.1, 0.15) is 5.60 Å². The summed E-state index contributed by atoms with van der Waals surface area (Å²) in [5.41, 5.74) is -0.477. The molecule has 138 valence electrons. The molecule has 3 heterocycles.